The quantitative estimate of drug-likeness (QED) is 0.392. The average molecular weight is 536 g/mol. The number of rotatable bonds is 7. The smallest absolute Gasteiger partial charge is 0.414 e. The first-order chi connectivity index (χ1) is 16.5. The van der Waals surface area contributed by atoms with Crippen LogP contribution in [0.5, 0.6) is 0 Å². The number of carbonyl (C=O) groups excluding carboxylic acids is 3. The number of anilines is 2. The molecule has 3 amide bonds. The summed E-state index contributed by atoms with van der Waals surface area (Å²) in [5.41, 5.74) is 1.29. The predicted molar refractivity (Wildman–Crippen MR) is 135 cm³/mol. The molecule has 0 bridgehead atoms. The Balaban J connectivity index is 1.74. The molecule has 0 saturated heterocycles. The first kappa shape index (κ1) is 26.2. The van der Waals surface area contributed by atoms with E-state index < -0.39 is 27.9 Å². The molecule has 0 radical (unpaired) electrons. The molecule has 0 unspecified atom stereocenters. The zero-order valence-corrected chi connectivity index (χ0v) is 21.4. The number of halogens is 1. The summed E-state index contributed by atoms with van der Waals surface area (Å²) in [5, 5.41) is 5.51. The predicted octanol–water partition coefficient (Wildman–Crippen LogP) is 4.96. The van der Waals surface area contributed by atoms with E-state index in [0.717, 1.165) is 4.88 Å². The van der Waals surface area contributed by atoms with E-state index in [1.165, 1.54) is 59.9 Å². The molecule has 1 heterocycles. The van der Waals surface area contributed by atoms with Crippen LogP contribution in [-0.2, 0) is 14.8 Å². The number of hydrogen-bond acceptors (Lipinski definition) is 7. The number of benzene rings is 2. The van der Waals surface area contributed by atoms with Gasteiger partial charge in [-0.15, -0.1) is 11.3 Å². The van der Waals surface area contributed by atoms with Gasteiger partial charge >= 0.3 is 6.09 Å². The molecule has 184 valence electrons. The summed E-state index contributed by atoms with van der Waals surface area (Å²) in [6, 6.07) is 11.5. The molecule has 3 aromatic rings. The number of aryl methyl sites for hydroxylation is 1. The Labute approximate surface area is 211 Å². The average Bonchev–Trinajstić information content (AvgIpc) is 3.07. The monoisotopic (exact) mass is 535 g/mol. The summed E-state index contributed by atoms with van der Waals surface area (Å²) < 4.78 is 32.2. The third-order valence-electron chi connectivity index (χ3n) is 4.85. The lowest BCUT2D eigenvalue weighted by Crippen LogP contribution is -2.31. The van der Waals surface area contributed by atoms with Crippen molar-refractivity contribution in [3.05, 3.63) is 75.1 Å². The van der Waals surface area contributed by atoms with Crippen molar-refractivity contribution in [2.75, 3.05) is 16.6 Å². The Kier molecular flexibility index (Phi) is 8.15. The van der Waals surface area contributed by atoms with Gasteiger partial charge < -0.3 is 10.1 Å². The van der Waals surface area contributed by atoms with Crippen LogP contribution in [0.25, 0.3) is 0 Å². The van der Waals surface area contributed by atoms with E-state index in [9.17, 15) is 22.8 Å². The molecular weight excluding hydrogens is 514 g/mol. The van der Waals surface area contributed by atoms with Gasteiger partial charge in [-0.3, -0.25) is 19.6 Å². The van der Waals surface area contributed by atoms with Crippen molar-refractivity contribution in [3.8, 4) is 0 Å². The van der Waals surface area contributed by atoms with Crippen LogP contribution in [0.15, 0.2) is 53.4 Å². The SMILES string of the molecule is CCOC(=O)NC(=O)c1c(NC(=O)c2ccc(NS(=O)(=O)c3ccc(Cl)cc3)cc2)sc(C)c1C. The Morgan fingerprint density at radius 1 is 0.971 bits per heavy atom. The summed E-state index contributed by atoms with van der Waals surface area (Å²) >= 11 is 7.00. The zero-order valence-electron chi connectivity index (χ0n) is 19.0. The molecule has 3 N–H and O–H groups in total. The van der Waals surface area contributed by atoms with E-state index in [0.29, 0.717) is 10.6 Å². The van der Waals surface area contributed by atoms with Gasteiger partial charge in [-0.2, -0.15) is 0 Å². The number of carbonyl (C=O) groups is 3. The van der Waals surface area contributed by atoms with E-state index in [2.05, 4.69) is 15.4 Å². The summed E-state index contributed by atoms with van der Waals surface area (Å²) in [6.07, 6.45) is -0.880. The van der Waals surface area contributed by atoms with Gasteiger partial charge in [0.2, 0.25) is 0 Å². The van der Waals surface area contributed by atoms with Gasteiger partial charge in [-0.25, -0.2) is 13.2 Å². The molecule has 35 heavy (non-hydrogen) atoms. The first-order valence-electron chi connectivity index (χ1n) is 10.3. The molecule has 2 aromatic carbocycles. The second kappa shape index (κ2) is 10.9. The Morgan fingerprint density at radius 3 is 2.20 bits per heavy atom. The second-order valence-corrected chi connectivity index (χ2v) is 10.6. The topological polar surface area (TPSA) is 131 Å². The van der Waals surface area contributed by atoms with Gasteiger partial charge in [0, 0.05) is 21.2 Å². The van der Waals surface area contributed by atoms with Gasteiger partial charge in [0.25, 0.3) is 21.8 Å². The maximum atomic E-state index is 12.8. The Bertz CT molecular complexity index is 1370. The molecule has 0 aliphatic carbocycles. The third-order valence-corrected chi connectivity index (χ3v) is 7.63. The van der Waals surface area contributed by atoms with E-state index in [1.54, 1.807) is 20.8 Å². The van der Waals surface area contributed by atoms with Crippen molar-refractivity contribution >= 4 is 61.6 Å². The standard InChI is InChI=1S/C23H22ClN3O6S2/c1-4-33-23(30)26-21(29)19-13(2)14(3)34-22(19)25-20(28)15-5-9-17(10-6-15)27-35(31,32)18-11-7-16(24)8-12-18/h5-12,27H,4H2,1-3H3,(H,25,28)(H,26,29,30). The maximum Gasteiger partial charge on any atom is 0.414 e. The summed E-state index contributed by atoms with van der Waals surface area (Å²) in [4.78, 5) is 37.9. The number of thiophene rings is 1. The number of imide groups is 1. The van der Waals surface area contributed by atoms with Crippen LogP contribution in [0, 0.1) is 13.8 Å². The van der Waals surface area contributed by atoms with Crippen molar-refractivity contribution in [2.45, 2.75) is 25.7 Å². The number of sulfonamides is 1. The summed E-state index contributed by atoms with van der Waals surface area (Å²) in [5.74, 6) is -1.20. The molecule has 12 heteroatoms. The van der Waals surface area contributed by atoms with Crippen molar-refractivity contribution < 1.29 is 27.5 Å². The molecule has 1 aromatic heterocycles. The molecule has 0 atom stereocenters. The highest BCUT2D eigenvalue weighted by atomic mass is 35.5. The van der Waals surface area contributed by atoms with Gasteiger partial charge in [0.05, 0.1) is 17.1 Å². The van der Waals surface area contributed by atoms with Crippen LogP contribution in [-0.4, -0.2) is 32.9 Å². The Hall–Kier alpha value is -3.41. The molecule has 0 fully saturated rings. The number of alkyl carbamates (subject to hydrolysis) is 1. The van der Waals surface area contributed by atoms with Crippen molar-refractivity contribution in [3.63, 3.8) is 0 Å². The molecule has 0 aliphatic heterocycles. The fourth-order valence-electron chi connectivity index (χ4n) is 3.00. The van der Waals surface area contributed by atoms with Crippen LogP contribution >= 0.6 is 22.9 Å². The highest BCUT2D eigenvalue weighted by Crippen LogP contribution is 2.33. The molecular formula is C23H22ClN3O6S2. The lowest BCUT2D eigenvalue weighted by Gasteiger charge is -2.10. The van der Waals surface area contributed by atoms with Crippen molar-refractivity contribution in [1.29, 1.82) is 0 Å². The van der Waals surface area contributed by atoms with E-state index >= 15 is 0 Å². The van der Waals surface area contributed by atoms with Gasteiger partial charge in [-0.1, -0.05) is 11.6 Å². The van der Waals surface area contributed by atoms with E-state index in [4.69, 9.17) is 16.3 Å². The van der Waals surface area contributed by atoms with Crippen LogP contribution in [0.3, 0.4) is 0 Å². The lowest BCUT2D eigenvalue weighted by atomic mass is 10.1. The number of amides is 3. The number of ether oxygens (including phenoxy) is 1. The molecule has 0 saturated carbocycles. The number of nitrogens with one attached hydrogen (secondary N) is 3. The normalized spacial score (nSPS) is 11.0. The highest BCUT2D eigenvalue weighted by molar-refractivity contribution is 7.92. The second-order valence-electron chi connectivity index (χ2n) is 7.25. The zero-order chi connectivity index (χ0) is 25.8. The minimum atomic E-state index is -3.83. The largest absolute Gasteiger partial charge is 0.450 e. The Morgan fingerprint density at radius 2 is 1.60 bits per heavy atom. The molecule has 9 nitrogen and oxygen atoms in total. The maximum absolute atomic E-state index is 12.8. The third kappa shape index (κ3) is 6.38. The highest BCUT2D eigenvalue weighted by Gasteiger charge is 2.23. The van der Waals surface area contributed by atoms with Crippen LogP contribution < -0.4 is 15.4 Å². The molecule has 0 spiro atoms. The van der Waals surface area contributed by atoms with Crippen LogP contribution in [0.2, 0.25) is 5.02 Å². The fraction of sp³-hybridized carbons (Fsp3) is 0.174. The lowest BCUT2D eigenvalue weighted by molar-refractivity contribution is 0.0925. The van der Waals surface area contributed by atoms with Crippen molar-refractivity contribution in [2.24, 2.45) is 0 Å². The first-order valence-corrected chi connectivity index (χ1v) is 13.0. The fourth-order valence-corrected chi connectivity index (χ4v) is 5.24. The van der Waals surface area contributed by atoms with Gasteiger partial charge in [-0.05, 0) is 74.9 Å². The summed E-state index contributed by atoms with van der Waals surface area (Å²) in [7, 11) is -3.83. The minimum absolute atomic E-state index is 0.0424. The van der Waals surface area contributed by atoms with Crippen LogP contribution in [0.1, 0.15) is 38.1 Å². The number of hydrogen-bond donors (Lipinski definition) is 3. The summed E-state index contributed by atoms with van der Waals surface area (Å²) in [6.45, 7) is 5.22. The minimum Gasteiger partial charge on any atom is -0.450 e. The van der Waals surface area contributed by atoms with E-state index in [1.807, 2.05) is 0 Å². The van der Waals surface area contributed by atoms with Gasteiger partial charge in [0.1, 0.15) is 5.00 Å². The van der Waals surface area contributed by atoms with E-state index in [-0.39, 0.29) is 33.3 Å². The van der Waals surface area contributed by atoms with Crippen molar-refractivity contribution in [1.82, 2.24) is 5.32 Å². The van der Waals surface area contributed by atoms with Gasteiger partial charge in [0.15, 0.2) is 0 Å². The molecule has 0 aliphatic rings. The van der Waals surface area contributed by atoms with Crippen LogP contribution in [0.4, 0.5) is 15.5 Å². The molecule has 3 rings (SSSR count).